The Labute approximate surface area is 407 Å². The number of thiophene rings is 1. The number of ether oxygens (including phenoxy) is 1. The molecular formula is C52H63N11O3S2. The number of anilines is 1. The summed E-state index contributed by atoms with van der Waals surface area (Å²) in [7, 11) is 0. The lowest BCUT2D eigenvalue weighted by molar-refractivity contribution is -0.126. The Morgan fingerprint density at radius 1 is 0.912 bits per heavy atom. The lowest BCUT2D eigenvalue weighted by Gasteiger charge is -2.31. The van der Waals surface area contributed by atoms with Gasteiger partial charge in [0.1, 0.15) is 5.60 Å². The molecule has 356 valence electrons. The van der Waals surface area contributed by atoms with Gasteiger partial charge >= 0.3 is 6.09 Å². The van der Waals surface area contributed by atoms with Crippen LogP contribution in [0, 0.1) is 24.7 Å². The van der Waals surface area contributed by atoms with E-state index in [1.165, 1.54) is 43.4 Å². The third-order valence-corrected chi connectivity index (χ3v) is 14.0. The maximum Gasteiger partial charge on any atom is 0.407 e. The van der Waals surface area contributed by atoms with Crippen molar-refractivity contribution >= 4 is 73.9 Å². The first-order valence-electron chi connectivity index (χ1n) is 23.8. The van der Waals surface area contributed by atoms with E-state index in [0.29, 0.717) is 48.3 Å². The molecule has 8 rings (SSSR count). The maximum absolute atomic E-state index is 13.1. The fraction of sp³-hybridized carbons (Fsp3) is 0.423. The molecule has 2 amide bonds. The minimum Gasteiger partial charge on any atom is -0.444 e. The Bertz CT molecular complexity index is 2920. The highest BCUT2D eigenvalue weighted by molar-refractivity contribution is 7.99. The quantitative estimate of drug-likeness (QED) is 0.0282. The second-order valence-corrected chi connectivity index (χ2v) is 20.3. The number of fused-ring (bicyclic) bond motifs is 4. The largest absolute Gasteiger partial charge is 0.444 e. The zero-order valence-electron chi connectivity index (χ0n) is 40.1. The third-order valence-electron chi connectivity index (χ3n) is 11.9. The van der Waals surface area contributed by atoms with E-state index in [-0.39, 0.29) is 11.8 Å². The van der Waals surface area contributed by atoms with Crippen LogP contribution in [-0.4, -0.2) is 104 Å². The van der Waals surface area contributed by atoms with Crippen LogP contribution in [0.1, 0.15) is 76.1 Å². The number of benzene rings is 3. The minimum atomic E-state index is -0.568. The minimum absolute atomic E-state index is 0.00950. The molecule has 0 spiro atoms. The maximum atomic E-state index is 13.1. The van der Waals surface area contributed by atoms with Gasteiger partial charge in [-0.05, 0) is 131 Å². The summed E-state index contributed by atoms with van der Waals surface area (Å²) in [5.41, 5.74) is 8.95. The summed E-state index contributed by atoms with van der Waals surface area (Å²) in [6.45, 7) is 19.0. The molecule has 4 aromatic heterocycles. The van der Waals surface area contributed by atoms with Gasteiger partial charge in [0.05, 0.1) is 13.1 Å². The van der Waals surface area contributed by atoms with Crippen LogP contribution in [0.25, 0.3) is 43.4 Å². The Morgan fingerprint density at radius 3 is 2.47 bits per heavy atom. The topological polar surface area (TPSA) is 156 Å². The standard InChI is InChI=1S/C52H63N11O3S2/c1-7-28-67-50-57-47(54-22-23-56-51(65)66-52(4,5)6)46-48(58-50)63(60-59-46)33-37-13-11-36(12-14-37)10-9-21-55-49(64)39-19-25-61(26-20-39)27-24-53-32-38-15-18-43-42(30-38)41-17-16-40(31-44(41)62(43)8-2)45-29-35(3)34-68-45/h11-18,29-31,34,39,53H,7-8,19-28,32-33H2,1-6H3,(H,55,64)(H,56,65)(H,54,57,58). The van der Waals surface area contributed by atoms with Crippen LogP contribution in [0.15, 0.2) is 77.3 Å². The van der Waals surface area contributed by atoms with E-state index in [9.17, 15) is 9.59 Å². The summed E-state index contributed by atoms with van der Waals surface area (Å²) < 4.78 is 9.53. The summed E-state index contributed by atoms with van der Waals surface area (Å²) in [4.78, 5) is 38.4. The number of aryl methyl sites for hydroxylation is 2. The van der Waals surface area contributed by atoms with Crippen LogP contribution < -0.4 is 21.3 Å². The SMILES string of the molecule is CCCSc1nc(NCCNC(=O)OC(C)(C)C)c2nnn(Cc3ccc(C#CCNC(=O)C4CCN(CCNCc5ccc6c(c5)c5ccc(-c7cc(C)cs7)cc5n6CC)CC4)cc3)c2n1. The van der Waals surface area contributed by atoms with Crippen molar-refractivity contribution < 1.29 is 14.3 Å². The van der Waals surface area contributed by atoms with E-state index in [4.69, 9.17) is 14.7 Å². The van der Waals surface area contributed by atoms with E-state index in [2.05, 4.69) is 122 Å². The Kier molecular flexibility index (Phi) is 16.0. The molecular weight excluding hydrogens is 891 g/mol. The number of likely N-dealkylation sites (tertiary alicyclic amines) is 1. The van der Waals surface area contributed by atoms with Crippen molar-refractivity contribution in [1.29, 1.82) is 0 Å². The molecule has 5 heterocycles. The molecule has 7 aromatic rings. The first kappa shape index (κ1) is 48.5. The highest BCUT2D eigenvalue weighted by Gasteiger charge is 2.24. The average Bonchev–Trinajstić information content (AvgIpc) is 4.04. The molecule has 0 saturated carbocycles. The van der Waals surface area contributed by atoms with Gasteiger partial charge in [-0.2, -0.15) is 0 Å². The molecule has 3 aromatic carbocycles. The molecule has 0 aliphatic carbocycles. The molecule has 1 aliphatic rings. The van der Waals surface area contributed by atoms with Crippen LogP contribution >= 0.6 is 23.1 Å². The zero-order chi connectivity index (χ0) is 47.6. The van der Waals surface area contributed by atoms with Crippen molar-refractivity contribution in [2.45, 2.75) is 91.2 Å². The lowest BCUT2D eigenvalue weighted by Crippen LogP contribution is -2.42. The Balaban J connectivity index is 0.759. The number of hydrogen-bond donors (Lipinski definition) is 4. The monoisotopic (exact) mass is 953 g/mol. The van der Waals surface area contributed by atoms with E-state index in [0.717, 1.165) is 75.4 Å². The van der Waals surface area contributed by atoms with Gasteiger partial charge in [-0.15, -0.1) is 16.4 Å². The number of piperidine rings is 1. The molecule has 0 unspecified atom stereocenters. The van der Waals surface area contributed by atoms with Gasteiger partial charge in [0.25, 0.3) is 0 Å². The van der Waals surface area contributed by atoms with Crippen LogP contribution in [0.3, 0.4) is 0 Å². The highest BCUT2D eigenvalue weighted by atomic mass is 32.2. The predicted octanol–water partition coefficient (Wildman–Crippen LogP) is 8.84. The van der Waals surface area contributed by atoms with Gasteiger partial charge < -0.3 is 35.5 Å². The van der Waals surface area contributed by atoms with Crippen LogP contribution in [0.4, 0.5) is 10.6 Å². The van der Waals surface area contributed by atoms with Gasteiger partial charge in [0, 0.05) is 83.2 Å². The molecule has 1 aliphatic heterocycles. The van der Waals surface area contributed by atoms with Gasteiger partial charge in [0.2, 0.25) is 5.91 Å². The fourth-order valence-electron chi connectivity index (χ4n) is 8.49. The van der Waals surface area contributed by atoms with E-state index >= 15 is 0 Å². The second kappa shape index (κ2) is 22.4. The fourth-order valence-corrected chi connectivity index (χ4v) is 10.1. The molecule has 0 radical (unpaired) electrons. The smallest absolute Gasteiger partial charge is 0.407 e. The molecule has 16 heteroatoms. The van der Waals surface area contributed by atoms with Crippen LogP contribution in [0.5, 0.6) is 0 Å². The summed E-state index contributed by atoms with van der Waals surface area (Å²) in [6, 6.07) is 24.1. The number of aromatic nitrogens is 6. The number of rotatable bonds is 18. The first-order valence-corrected chi connectivity index (χ1v) is 25.6. The molecule has 1 saturated heterocycles. The number of thioether (sulfide) groups is 1. The molecule has 0 atom stereocenters. The summed E-state index contributed by atoms with van der Waals surface area (Å²) in [5.74, 6) is 7.85. The molecule has 14 nitrogen and oxygen atoms in total. The van der Waals surface area contributed by atoms with Crippen molar-refractivity contribution in [3.05, 3.63) is 94.4 Å². The highest BCUT2D eigenvalue weighted by Crippen LogP contribution is 2.35. The van der Waals surface area contributed by atoms with E-state index in [1.807, 2.05) is 56.4 Å². The number of nitrogens with zero attached hydrogens (tertiary/aromatic N) is 7. The Morgan fingerprint density at radius 2 is 1.72 bits per heavy atom. The number of amides is 2. The molecule has 0 bridgehead atoms. The lowest BCUT2D eigenvalue weighted by atomic mass is 9.96. The van der Waals surface area contributed by atoms with Crippen LogP contribution in [0.2, 0.25) is 0 Å². The predicted molar refractivity (Wildman–Crippen MR) is 276 cm³/mol. The van der Waals surface area contributed by atoms with Gasteiger partial charge in [-0.1, -0.05) is 66.1 Å². The number of alkyl carbamates (subject to hydrolysis) is 1. The van der Waals surface area contributed by atoms with Crippen molar-refractivity contribution in [2.75, 3.05) is 56.9 Å². The number of hydrogen-bond acceptors (Lipinski definition) is 12. The zero-order valence-corrected chi connectivity index (χ0v) is 41.7. The summed E-state index contributed by atoms with van der Waals surface area (Å²) >= 11 is 3.38. The third kappa shape index (κ3) is 12.4. The van der Waals surface area contributed by atoms with Gasteiger partial charge in [-0.3, -0.25) is 4.79 Å². The van der Waals surface area contributed by atoms with Crippen molar-refractivity contribution in [3.8, 4) is 22.3 Å². The van der Waals surface area contributed by atoms with Crippen molar-refractivity contribution in [2.24, 2.45) is 5.92 Å². The summed E-state index contributed by atoms with van der Waals surface area (Å²) in [5, 5.41) is 27.1. The van der Waals surface area contributed by atoms with Gasteiger partial charge in [0.15, 0.2) is 22.1 Å². The number of nitrogens with one attached hydrogen (secondary N) is 4. The van der Waals surface area contributed by atoms with Crippen molar-refractivity contribution in [1.82, 2.24) is 50.4 Å². The average molecular weight is 954 g/mol. The van der Waals surface area contributed by atoms with Crippen molar-refractivity contribution in [3.63, 3.8) is 0 Å². The van der Waals surface area contributed by atoms with E-state index in [1.54, 1.807) is 16.4 Å². The summed E-state index contributed by atoms with van der Waals surface area (Å²) in [6.07, 6.45) is 2.21. The first-order chi connectivity index (χ1) is 32.9. The molecule has 1 fully saturated rings. The van der Waals surface area contributed by atoms with E-state index < -0.39 is 11.7 Å². The van der Waals surface area contributed by atoms with Gasteiger partial charge in [-0.25, -0.2) is 19.4 Å². The molecule has 68 heavy (non-hydrogen) atoms. The number of carbonyl (C=O) groups excluding carboxylic acids is 2. The molecule has 4 N–H and O–H groups in total. The number of carbonyl (C=O) groups is 2. The second-order valence-electron chi connectivity index (χ2n) is 18.3. The Hall–Kier alpha value is -5.99. The van der Waals surface area contributed by atoms with Crippen LogP contribution in [-0.2, 0) is 29.2 Å². The normalized spacial score (nSPS) is 13.5.